The van der Waals surface area contributed by atoms with E-state index in [9.17, 15) is 13.2 Å². The fourth-order valence-electron chi connectivity index (χ4n) is 1.53. The smallest absolute Gasteiger partial charge is 0.380 e. The van der Waals surface area contributed by atoms with Gasteiger partial charge in [-0.3, -0.25) is 0 Å². The van der Waals surface area contributed by atoms with Crippen LogP contribution in [0.1, 0.15) is 10.4 Å². The molecule has 0 aliphatic heterocycles. The molecule has 0 fully saturated rings. The summed E-state index contributed by atoms with van der Waals surface area (Å²) in [6.45, 7) is 0.334. The van der Waals surface area contributed by atoms with Gasteiger partial charge < -0.3 is 5.32 Å². The lowest BCUT2D eigenvalue weighted by Crippen LogP contribution is -2.10. The van der Waals surface area contributed by atoms with Crippen molar-refractivity contribution >= 4 is 44.6 Å². The summed E-state index contributed by atoms with van der Waals surface area (Å²) >= 11 is 10.4. The fraction of sp³-hybridized carbons (Fsp3) is 0.167. The van der Waals surface area contributed by atoms with Crippen molar-refractivity contribution in [1.29, 1.82) is 0 Å². The van der Waals surface area contributed by atoms with Crippen molar-refractivity contribution in [3.63, 3.8) is 0 Å². The summed E-state index contributed by atoms with van der Waals surface area (Å²) in [6, 6.07) is 5.56. The third-order valence-corrected chi connectivity index (χ3v) is 4.29. The second kappa shape index (κ2) is 5.73. The highest BCUT2D eigenvalue weighted by Gasteiger charge is 2.33. The van der Waals surface area contributed by atoms with Gasteiger partial charge in [0.25, 0.3) is 0 Å². The Labute approximate surface area is 125 Å². The minimum absolute atomic E-state index is 0.0291. The number of thiophene rings is 1. The zero-order valence-corrected chi connectivity index (χ0v) is 12.6. The van der Waals surface area contributed by atoms with Gasteiger partial charge in [0.1, 0.15) is 0 Å². The van der Waals surface area contributed by atoms with E-state index < -0.39 is 11.7 Å². The molecule has 1 N–H and O–H groups in total. The number of benzene rings is 1. The first-order chi connectivity index (χ1) is 8.86. The van der Waals surface area contributed by atoms with E-state index in [1.807, 2.05) is 11.4 Å². The molecule has 102 valence electrons. The lowest BCUT2D eigenvalue weighted by Gasteiger charge is -2.14. The number of alkyl halides is 3. The molecule has 2 aromatic rings. The van der Waals surface area contributed by atoms with Crippen LogP contribution in [0.15, 0.2) is 34.1 Å². The van der Waals surface area contributed by atoms with Crippen LogP contribution < -0.4 is 5.32 Å². The summed E-state index contributed by atoms with van der Waals surface area (Å²) in [5.41, 5.74) is -0.725. The summed E-state index contributed by atoms with van der Waals surface area (Å²) in [5.74, 6) is 0. The standard InChI is InChI=1S/C12H8BrClF3NS/c13-7-3-9(19-6-7)5-18-11-2-1-8(14)4-10(11)12(15,16)17/h1-4,6,18H,5H2. The van der Waals surface area contributed by atoms with E-state index >= 15 is 0 Å². The Balaban J connectivity index is 2.20. The van der Waals surface area contributed by atoms with Crippen molar-refractivity contribution in [2.45, 2.75) is 12.7 Å². The van der Waals surface area contributed by atoms with Crippen LogP contribution in [0.3, 0.4) is 0 Å². The molecule has 0 radical (unpaired) electrons. The van der Waals surface area contributed by atoms with Crippen molar-refractivity contribution in [3.05, 3.63) is 49.6 Å². The molecule has 0 spiro atoms. The average Bonchev–Trinajstić information content (AvgIpc) is 2.72. The van der Waals surface area contributed by atoms with Crippen LogP contribution in [0, 0.1) is 0 Å². The molecule has 0 atom stereocenters. The van der Waals surface area contributed by atoms with Gasteiger partial charge in [-0.2, -0.15) is 13.2 Å². The summed E-state index contributed by atoms with van der Waals surface area (Å²) < 4.78 is 39.5. The van der Waals surface area contributed by atoms with Crippen molar-refractivity contribution in [3.8, 4) is 0 Å². The van der Waals surface area contributed by atoms with Crippen LogP contribution in [0.5, 0.6) is 0 Å². The van der Waals surface area contributed by atoms with Crippen LogP contribution in [0.25, 0.3) is 0 Å². The van der Waals surface area contributed by atoms with Crippen LogP contribution in [0.4, 0.5) is 18.9 Å². The van der Waals surface area contributed by atoms with Gasteiger partial charge in [-0.25, -0.2) is 0 Å². The number of hydrogen-bond donors (Lipinski definition) is 1. The lowest BCUT2D eigenvalue weighted by atomic mass is 10.1. The first kappa shape index (κ1) is 14.7. The molecular formula is C12H8BrClF3NS. The predicted molar refractivity (Wildman–Crippen MR) is 75.8 cm³/mol. The molecule has 1 nitrogen and oxygen atoms in total. The Morgan fingerprint density at radius 2 is 2.00 bits per heavy atom. The molecule has 0 saturated heterocycles. The van der Waals surface area contributed by atoms with Gasteiger partial charge in [-0.1, -0.05) is 11.6 Å². The number of hydrogen-bond acceptors (Lipinski definition) is 2. The van der Waals surface area contributed by atoms with Crippen LogP contribution in [-0.4, -0.2) is 0 Å². The number of rotatable bonds is 3. The van der Waals surface area contributed by atoms with Gasteiger partial charge in [0, 0.05) is 32.0 Å². The van der Waals surface area contributed by atoms with Gasteiger partial charge in [0.15, 0.2) is 0 Å². The Kier molecular flexibility index (Phi) is 4.43. The van der Waals surface area contributed by atoms with E-state index in [-0.39, 0.29) is 10.7 Å². The number of nitrogens with one attached hydrogen (secondary N) is 1. The lowest BCUT2D eigenvalue weighted by molar-refractivity contribution is -0.136. The highest BCUT2D eigenvalue weighted by atomic mass is 79.9. The second-order valence-corrected chi connectivity index (χ2v) is 6.12. The molecular weight excluding hydrogens is 363 g/mol. The van der Waals surface area contributed by atoms with Crippen LogP contribution in [0.2, 0.25) is 5.02 Å². The summed E-state index contributed by atoms with van der Waals surface area (Å²) in [7, 11) is 0. The summed E-state index contributed by atoms with van der Waals surface area (Å²) in [5, 5.41) is 4.73. The highest BCUT2D eigenvalue weighted by molar-refractivity contribution is 9.10. The maximum absolute atomic E-state index is 12.9. The van der Waals surface area contributed by atoms with Gasteiger partial charge in [0.05, 0.1) is 5.56 Å². The van der Waals surface area contributed by atoms with E-state index in [0.717, 1.165) is 15.4 Å². The molecule has 2 rings (SSSR count). The maximum Gasteiger partial charge on any atom is 0.418 e. The van der Waals surface area contributed by atoms with Crippen molar-refractivity contribution in [1.82, 2.24) is 0 Å². The Morgan fingerprint density at radius 1 is 1.26 bits per heavy atom. The molecule has 7 heteroatoms. The molecule has 1 aromatic carbocycles. The van der Waals surface area contributed by atoms with E-state index in [1.165, 1.54) is 23.5 Å². The molecule has 19 heavy (non-hydrogen) atoms. The normalized spacial score (nSPS) is 11.6. The zero-order chi connectivity index (χ0) is 14.0. The number of halogens is 5. The molecule has 1 heterocycles. The van der Waals surface area contributed by atoms with Gasteiger partial charge in [0.2, 0.25) is 0 Å². The third kappa shape index (κ3) is 3.87. The molecule has 0 aliphatic rings. The van der Waals surface area contributed by atoms with Crippen LogP contribution in [-0.2, 0) is 12.7 Å². The summed E-state index contributed by atoms with van der Waals surface area (Å²) in [6.07, 6.45) is -4.43. The minimum atomic E-state index is -4.43. The maximum atomic E-state index is 12.9. The first-order valence-corrected chi connectivity index (χ1v) is 7.25. The third-order valence-electron chi connectivity index (χ3n) is 2.36. The van der Waals surface area contributed by atoms with Crippen molar-refractivity contribution < 1.29 is 13.2 Å². The quantitative estimate of drug-likeness (QED) is 0.720. The largest absolute Gasteiger partial charge is 0.418 e. The Bertz CT molecular complexity index is 583. The zero-order valence-electron chi connectivity index (χ0n) is 9.39. The second-order valence-electron chi connectivity index (χ2n) is 3.77. The highest BCUT2D eigenvalue weighted by Crippen LogP contribution is 2.36. The van der Waals surface area contributed by atoms with Crippen LogP contribution >= 0.6 is 38.9 Å². The Morgan fingerprint density at radius 3 is 2.58 bits per heavy atom. The topological polar surface area (TPSA) is 12.0 Å². The van der Waals surface area contributed by atoms with E-state index in [2.05, 4.69) is 21.2 Å². The van der Waals surface area contributed by atoms with Gasteiger partial charge in [-0.15, -0.1) is 11.3 Å². The average molecular weight is 371 g/mol. The van der Waals surface area contributed by atoms with Crippen molar-refractivity contribution in [2.24, 2.45) is 0 Å². The predicted octanol–water partition coefficient (Wildman–Crippen LogP) is 5.79. The first-order valence-electron chi connectivity index (χ1n) is 5.20. The van der Waals surface area contributed by atoms with E-state index in [4.69, 9.17) is 11.6 Å². The molecule has 0 saturated carbocycles. The summed E-state index contributed by atoms with van der Waals surface area (Å²) in [4.78, 5) is 0.940. The van der Waals surface area contributed by atoms with E-state index in [0.29, 0.717) is 6.54 Å². The monoisotopic (exact) mass is 369 g/mol. The van der Waals surface area contributed by atoms with Crippen molar-refractivity contribution in [2.75, 3.05) is 5.32 Å². The van der Waals surface area contributed by atoms with E-state index in [1.54, 1.807) is 0 Å². The SMILES string of the molecule is FC(F)(F)c1cc(Cl)ccc1NCc1cc(Br)cs1. The van der Waals surface area contributed by atoms with Gasteiger partial charge in [-0.05, 0) is 40.2 Å². The molecule has 1 aromatic heterocycles. The molecule has 0 unspecified atom stereocenters. The molecule has 0 bridgehead atoms. The minimum Gasteiger partial charge on any atom is -0.380 e. The van der Waals surface area contributed by atoms with Gasteiger partial charge >= 0.3 is 6.18 Å². The molecule has 0 amide bonds. The Hall–Kier alpha value is -0.720. The number of anilines is 1. The molecule has 0 aliphatic carbocycles. The fourth-order valence-corrected chi connectivity index (χ4v) is 3.10.